The number of hydrogen-bond donors (Lipinski definition) is 3. The van der Waals surface area contributed by atoms with E-state index in [0.717, 1.165) is 25.7 Å². The van der Waals surface area contributed by atoms with E-state index in [4.69, 9.17) is 16.2 Å². The number of unbranched alkanes of at least 4 members (excludes halogenated alkanes) is 3. The van der Waals surface area contributed by atoms with Gasteiger partial charge in [0.05, 0.1) is 5.84 Å². The second kappa shape index (κ2) is 6.55. The predicted octanol–water partition coefficient (Wildman–Crippen LogP) is 0.865. The first-order valence-corrected chi connectivity index (χ1v) is 3.71. The Bertz CT molecular complexity index is 93.6. The Hall–Kier alpha value is -0.570. The first-order chi connectivity index (χ1) is 4.77. The molecule has 0 saturated heterocycles. The highest BCUT2D eigenvalue weighted by atomic mass is 16.2. The molecule has 0 spiro atoms. The van der Waals surface area contributed by atoms with E-state index in [-0.39, 0.29) is 12.4 Å². The van der Waals surface area contributed by atoms with Crippen molar-refractivity contribution in [3.63, 3.8) is 0 Å². The zero-order valence-electron chi connectivity index (χ0n) is 6.27. The number of aliphatic hydroxyl groups is 1. The summed E-state index contributed by atoms with van der Waals surface area (Å²) >= 11 is 0. The third-order valence-electron chi connectivity index (χ3n) is 1.35. The van der Waals surface area contributed by atoms with Crippen LogP contribution in [0.3, 0.4) is 0 Å². The van der Waals surface area contributed by atoms with Crippen molar-refractivity contribution in [2.75, 3.05) is 6.61 Å². The number of aliphatic hydroxyl groups excluding tert-OH is 1. The van der Waals surface area contributed by atoms with Crippen LogP contribution in [0.5, 0.6) is 0 Å². The Kier molecular flexibility index (Phi) is 6.18. The highest BCUT2D eigenvalue weighted by molar-refractivity contribution is 5.76. The summed E-state index contributed by atoms with van der Waals surface area (Å²) in [5, 5.41) is 15.3. The highest BCUT2D eigenvalue weighted by Gasteiger charge is 1.90. The second-order valence-electron chi connectivity index (χ2n) is 2.41. The maximum absolute atomic E-state index is 8.41. The van der Waals surface area contributed by atoms with E-state index < -0.39 is 0 Å². The standard InChI is InChI=1S/C7H16N2O/c8-7(9)5-3-1-2-4-6-10/h10H,1-6H2,(H3,8,9). The Morgan fingerprint density at radius 1 is 1.20 bits per heavy atom. The summed E-state index contributed by atoms with van der Waals surface area (Å²) in [6.07, 6.45) is 4.67. The number of hydrogen-bond acceptors (Lipinski definition) is 2. The summed E-state index contributed by atoms with van der Waals surface area (Å²) in [6.45, 7) is 0.278. The van der Waals surface area contributed by atoms with Crippen LogP contribution in [0.2, 0.25) is 0 Å². The van der Waals surface area contributed by atoms with Gasteiger partial charge >= 0.3 is 0 Å². The van der Waals surface area contributed by atoms with E-state index >= 15 is 0 Å². The van der Waals surface area contributed by atoms with Crippen molar-refractivity contribution >= 4 is 5.84 Å². The van der Waals surface area contributed by atoms with E-state index in [1.165, 1.54) is 0 Å². The molecule has 0 rings (SSSR count). The fourth-order valence-electron chi connectivity index (χ4n) is 0.781. The zero-order valence-corrected chi connectivity index (χ0v) is 6.27. The van der Waals surface area contributed by atoms with Crippen molar-refractivity contribution in [3.8, 4) is 0 Å². The van der Waals surface area contributed by atoms with Gasteiger partial charge in [-0.25, -0.2) is 0 Å². The summed E-state index contributed by atoms with van der Waals surface area (Å²) in [5.74, 6) is 0.268. The monoisotopic (exact) mass is 144 g/mol. The average molecular weight is 144 g/mol. The lowest BCUT2D eigenvalue weighted by Gasteiger charge is -1.97. The van der Waals surface area contributed by atoms with Gasteiger partial charge < -0.3 is 10.8 Å². The molecule has 0 saturated carbocycles. The fraction of sp³-hybridized carbons (Fsp3) is 0.857. The van der Waals surface area contributed by atoms with Gasteiger partial charge in [-0.3, -0.25) is 5.41 Å². The van der Waals surface area contributed by atoms with Gasteiger partial charge in [-0.15, -0.1) is 0 Å². The summed E-state index contributed by atoms with van der Waals surface area (Å²) in [4.78, 5) is 0. The molecule has 0 amide bonds. The molecule has 0 aliphatic heterocycles. The Balaban J connectivity index is 2.84. The number of amidine groups is 1. The van der Waals surface area contributed by atoms with Gasteiger partial charge in [-0.05, 0) is 12.8 Å². The molecular weight excluding hydrogens is 128 g/mol. The molecule has 0 unspecified atom stereocenters. The normalized spacial score (nSPS) is 9.70. The largest absolute Gasteiger partial charge is 0.396 e. The summed E-state index contributed by atoms with van der Waals surface area (Å²) < 4.78 is 0. The van der Waals surface area contributed by atoms with Crippen molar-refractivity contribution in [2.45, 2.75) is 32.1 Å². The lowest BCUT2D eigenvalue weighted by molar-refractivity contribution is 0.282. The van der Waals surface area contributed by atoms with Crippen molar-refractivity contribution in [3.05, 3.63) is 0 Å². The van der Waals surface area contributed by atoms with Crippen LogP contribution in [0.15, 0.2) is 0 Å². The van der Waals surface area contributed by atoms with E-state index in [1.54, 1.807) is 0 Å². The zero-order chi connectivity index (χ0) is 7.82. The summed E-state index contributed by atoms with van der Waals surface area (Å²) in [5.41, 5.74) is 5.14. The van der Waals surface area contributed by atoms with Gasteiger partial charge in [0, 0.05) is 13.0 Å². The molecule has 3 nitrogen and oxygen atoms in total. The quantitative estimate of drug-likeness (QED) is 0.294. The van der Waals surface area contributed by atoms with Crippen molar-refractivity contribution in [2.24, 2.45) is 5.73 Å². The topological polar surface area (TPSA) is 70.1 Å². The first kappa shape index (κ1) is 9.43. The van der Waals surface area contributed by atoms with Crippen LogP contribution in [-0.2, 0) is 0 Å². The molecule has 10 heavy (non-hydrogen) atoms. The molecule has 0 aromatic carbocycles. The smallest absolute Gasteiger partial charge is 0.0905 e. The van der Waals surface area contributed by atoms with Gasteiger partial charge in [0.15, 0.2) is 0 Å². The minimum absolute atomic E-state index is 0.268. The van der Waals surface area contributed by atoms with E-state index in [2.05, 4.69) is 0 Å². The van der Waals surface area contributed by atoms with Gasteiger partial charge in [-0.1, -0.05) is 12.8 Å². The molecule has 0 aliphatic carbocycles. The molecule has 0 aromatic heterocycles. The van der Waals surface area contributed by atoms with Crippen molar-refractivity contribution in [1.82, 2.24) is 0 Å². The van der Waals surface area contributed by atoms with E-state index in [0.29, 0.717) is 6.42 Å². The highest BCUT2D eigenvalue weighted by Crippen LogP contribution is 2.01. The second-order valence-corrected chi connectivity index (χ2v) is 2.41. The van der Waals surface area contributed by atoms with Crippen LogP contribution in [0.1, 0.15) is 32.1 Å². The maximum Gasteiger partial charge on any atom is 0.0905 e. The first-order valence-electron chi connectivity index (χ1n) is 3.71. The SMILES string of the molecule is N=C(N)CCCCCCO. The molecule has 0 aliphatic rings. The molecule has 0 bridgehead atoms. The molecule has 0 heterocycles. The molecule has 3 heteroatoms. The van der Waals surface area contributed by atoms with Crippen LogP contribution in [-0.4, -0.2) is 17.5 Å². The van der Waals surface area contributed by atoms with Crippen LogP contribution >= 0.6 is 0 Å². The van der Waals surface area contributed by atoms with Crippen molar-refractivity contribution < 1.29 is 5.11 Å². The fourth-order valence-corrected chi connectivity index (χ4v) is 0.781. The molecule has 4 N–H and O–H groups in total. The van der Waals surface area contributed by atoms with Crippen LogP contribution in [0.25, 0.3) is 0 Å². The van der Waals surface area contributed by atoms with Crippen LogP contribution in [0.4, 0.5) is 0 Å². The number of nitrogens with one attached hydrogen (secondary N) is 1. The molecular formula is C7H16N2O. The van der Waals surface area contributed by atoms with Gasteiger partial charge in [-0.2, -0.15) is 0 Å². The van der Waals surface area contributed by atoms with Crippen LogP contribution < -0.4 is 5.73 Å². The van der Waals surface area contributed by atoms with Gasteiger partial charge in [0.1, 0.15) is 0 Å². The molecule has 0 fully saturated rings. The summed E-state index contributed by atoms with van der Waals surface area (Å²) in [6, 6.07) is 0. The number of nitrogens with two attached hydrogens (primary N) is 1. The van der Waals surface area contributed by atoms with Crippen molar-refractivity contribution in [1.29, 1.82) is 5.41 Å². The third-order valence-corrected chi connectivity index (χ3v) is 1.35. The average Bonchev–Trinajstić information content (AvgIpc) is 1.87. The predicted molar refractivity (Wildman–Crippen MR) is 42.1 cm³/mol. The maximum atomic E-state index is 8.41. The lowest BCUT2D eigenvalue weighted by Crippen LogP contribution is -2.08. The molecule has 60 valence electrons. The minimum atomic E-state index is 0.268. The Labute approximate surface area is 61.7 Å². The molecule has 0 atom stereocenters. The Morgan fingerprint density at radius 3 is 2.30 bits per heavy atom. The van der Waals surface area contributed by atoms with E-state index in [9.17, 15) is 0 Å². The Morgan fingerprint density at radius 2 is 1.80 bits per heavy atom. The van der Waals surface area contributed by atoms with E-state index in [1.807, 2.05) is 0 Å². The lowest BCUT2D eigenvalue weighted by atomic mass is 10.1. The van der Waals surface area contributed by atoms with Gasteiger partial charge in [0.2, 0.25) is 0 Å². The van der Waals surface area contributed by atoms with Gasteiger partial charge in [0.25, 0.3) is 0 Å². The molecule has 0 radical (unpaired) electrons. The number of rotatable bonds is 6. The minimum Gasteiger partial charge on any atom is -0.396 e. The summed E-state index contributed by atoms with van der Waals surface area (Å²) in [7, 11) is 0. The van der Waals surface area contributed by atoms with Crippen LogP contribution in [0, 0.1) is 5.41 Å². The third kappa shape index (κ3) is 7.43. The molecule has 0 aromatic rings.